The normalized spacial score (nSPS) is 28.2. The summed E-state index contributed by atoms with van der Waals surface area (Å²) in [6, 6.07) is 0.731. The summed E-state index contributed by atoms with van der Waals surface area (Å²) < 4.78 is 0. The highest BCUT2D eigenvalue weighted by Crippen LogP contribution is 2.60. The van der Waals surface area contributed by atoms with Gasteiger partial charge in [0, 0.05) is 11.6 Å². The minimum absolute atomic E-state index is 0.249. The van der Waals surface area contributed by atoms with Gasteiger partial charge in [-0.15, -0.1) is 6.58 Å². The largest absolute Gasteiger partial charge is 0.297 e. The quantitative estimate of drug-likeness (QED) is 0.540. The summed E-state index contributed by atoms with van der Waals surface area (Å²) in [6.07, 6.45) is 5.84. The van der Waals surface area contributed by atoms with Crippen molar-refractivity contribution < 1.29 is 0 Å². The van der Waals surface area contributed by atoms with Gasteiger partial charge in [-0.2, -0.15) is 0 Å². The Balaban J connectivity index is 2.79. The molecule has 1 aliphatic carbocycles. The molecule has 0 amide bonds. The third-order valence-corrected chi connectivity index (χ3v) is 6.10. The highest BCUT2D eigenvalue weighted by molar-refractivity contribution is 5.14. The van der Waals surface area contributed by atoms with E-state index in [4.69, 9.17) is 0 Å². The molecular weight excluding hydrogens is 242 g/mol. The molecule has 20 heavy (non-hydrogen) atoms. The van der Waals surface area contributed by atoms with Gasteiger partial charge >= 0.3 is 0 Å². The van der Waals surface area contributed by atoms with Crippen LogP contribution in [0.25, 0.3) is 0 Å². The van der Waals surface area contributed by atoms with Crippen molar-refractivity contribution in [3.05, 3.63) is 12.7 Å². The monoisotopic (exact) mass is 279 g/mol. The molecule has 0 aromatic heterocycles. The third kappa shape index (κ3) is 3.30. The first-order valence-electron chi connectivity index (χ1n) is 8.48. The SMILES string of the molecule is C=CC(CC)CC(C)(C)N(C)C1C(C(C)CC)C1(C)C. The Hall–Kier alpha value is -0.300. The van der Waals surface area contributed by atoms with Crippen molar-refractivity contribution in [2.75, 3.05) is 7.05 Å². The predicted octanol–water partition coefficient (Wildman–Crippen LogP) is 5.37. The maximum Gasteiger partial charge on any atom is 0.0188 e. The van der Waals surface area contributed by atoms with Gasteiger partial charge in [-0.3, -0.25) is 4.90 Å². The van der Waals surface area contributed by atoms with Crippen molar-refractivity contribution >= 4 is 0 Å². The number of allylic oxidation sites excluding steroid dienone is 1. The zero-order chi connectivity index (χ0) is 15.7. The van der Waals surface area contributed by atoms with Crippen LogP contribution >= 0.6 is 0 Å². The number of nitrogens with zero attached hydrogens (tertiary/aromatic N) is 1. The lowest BCUT2D eigenvalue weighted by atomic mass is 9.87. The summed E-state index contributed by atoms with van der Waals surface area (Å²) in [4.78, 5) is 2.66. The van der Waals surface area contributed by atoms with E-state index < -0.39 is 0 Å². The van der Waals surface area contributed by atoms with Crippen molar-refractivity contribution in [1.29, 1.82) is 0 Å². The van der Waals surface area contributed by atoms with Gasteiger partial charge < -0.3 is 0 Å². The van der Waals surface area contributed by atoms with Crippen LogP contribution in [0.2, 0.25) is 0 Å². The summed E-state index contributed by atoms with van der Waals surface area (Å²) in [6.45, 7) is 20.7. The van der Waals surface area contributed by atoms with E-state index in [1.807, 2.05) is 0 Å². The van der Waals surface area contributed by atoms with Gasteiger partial charge in [0.05, 0.1) is 0 Å². The van der Waals surface area contributed by atoms with Crippen molar-refractivity contribution in [2.24, 2.45) is 23.2 Å². The summed E-state index contributed by atoms with van der Waals surface area (Å²) >= 11 is 0. The van der Waals surface area contributed by atoms with Gasteiger partial charge in [-0.05, 0) is 56.9 Å². The van der Waals surface area contributed by atoms with E-state index in [0.717, 1.165) is 17.9 Å². The number of hydrogen-bond acceptors (Lipinski definition) is 1. The van der Waals surface area contributed by atoms with Crippen LogP contribution in [0.4, 0.5) is 0 Å². The summed E-state index contributed by atoms with van der Waals surface area (Å²) in [7, 11) is 2.34. The minimum Gasteiger partial charge on any atom is -0.297 e. The highest BCUT2D eigenvalue weighted by atomic mass is 15.2. The number of rotatable bonds is 8. The molecule has 0 bridgehead atoms. The molecule has 1 rings (SSSR count). The average molecular weight is 280 g/mol. The van der Waals surface area contributed by atoms with Crippen LogP contribution in [0.1, 0.15) is 67.7 Å². The fourth-order valence-electron chi connectivity index (χ4n) is 4.24. The average Bonchev–Trinajstić information content (AvgIpc) is 2.96. The Morgan fingerprint density at radius 1 is 1.25 bits per heavy atom. The Morgan fingerprint density at radius 2 is 1.80 bits per heavy atom. The van der Waals surface area contributed by atoms with E-state index in [1.165, 1.54) is 19.3 Å². The van der Waals surface area contributed by atoms with E-state index in [2.05, 4.69) is 73.1 Å². The molecule has 0 aromatic carbocycles. The third-order valence-electron chi connectivity index (χ3n) is 6.10. The van der Waals surface area contributed by atoms with Gasteiger partial charge in [0.2, 0.25) is 0 Å². The van der Waals surface area contributed by atoms with Gasteiger partial charge in [-0.1, -0.05) is 47.1 Å². The molecule has 1 heteroatoms. The summed E-state index contributed by atoms with van der Waals surface area (Å²) in [5.74, 6) is 2.31. The van der Waals surface area contributed by atoms with E-state index in [9.17, 15) is 0 Å². The molecule has 1 fully saturated rings. The molecule has 1 aliphatic rings. The van der Waals surface area contributed by atoms with Crippen molar-refractivity contribution in [1.82, 2.24) is 4.90 Å². The summed E-state index contributed by atoms with van der Waals surface area (Å²) in [5, 5.41) is 0. The molecule has 0 saturated heterocycles. The molecule has 0 heterocycles. The Morgan fingerprint density at radius 3 is 2.20 bits per heavy atom. The van der Waals surface area contributed by atoms with E-state index >= 15 is 0 Å². The first kappa shape index (κ1) is 17.8. The highest BCUT2D eigenvalue weighted by Gasteiger charge is 2.62. The van der Waals surface area contributed by atoms with Gasteiger partial charge in [0.15, 0.2) is 0 Å². The first-order chi connectivity index (χ1) is 9.13. The Labute approximate surface area is 127 Å². The van der Waals surface area contributed by atoms with Crippen LogP contribution in [-0.4, -0.2) is 23.5 Å². The van der Waals surface area contributed by atoms with E-state index in [0.29, 0.717) is 11.3 Å². The molecule has 0 aromatic rings. The maximum absolute atomic E-state index is 4.00. The standard InChI is InChI=1S/C19H37N/c1-10-14(4)16-17(19(16,7)8)20(9)18(5,6)13-15(11-2)12-3/h11,14-17H,2,10,12-13H2,1,3-9H3. The molecule has 1 saturated carbocycles. The van der Waals surface area contributed by atoms with E-state index in [-0.39, 0.29) is 5.54 Å². The molecule has 4 unspecified atom stereocenters. The second-order valence-corrected chi connectivity index (χ2v) is 8.21. The molecule has 4 atom stereocenters. The fraction of sp³-hybridized carbons (Fsp3) is 0.895. The van der Waals surface area contributed by atoms with E-state index in [1.54, 1.807) is 0 Å². The van der Waals surface area contributed by atoms with Crippen molar-refractivity contribution in [2.45, 2.75) is 79.3 Å². The van der Waals surface area contributed by atoms with Crippen LogP contribution < -0.4 is 0 Å². The van der Waals surface area contributed by atoms with Crippen LogP contribution in [-0.2, 0) is 0 Å². The lowest BCUT2D eigenvalue weighted by molar-refractivity contribution is 0.103. The second kappa shape index (κ2) is 6.22. The molecule has 0 N–H and O–H groups in total. The van der Waals surface area contributed by atoms with Gasteiger partial charge in [-0.25, -0.2) is 0 Å². The Kier molecular flexibility index (Phi) is 5.52. The van der Waals surface area contributed by atoms with Crippen LogP contribution in [0.5, 0.6) is 0 Å². The molecule has 0 aliphatic heterocycles. The number of hydrogen-bond donors (Lipinski definition) is 0. The van der Waals surface area contributed by atoms with Gasteiger partial charge in [0.25, 0.3) is 0 Å². The molecule has 0 spiro atoms. The predicted molar refractivity (Wildman–Crippen MR) is 91.0 cm³/mol. The van der Waals surface area contributed by atoms with Crippen LogP contribution in [0, 0.1) is 23.2 Å². The first-order valence-corrected chi connectivity index (χ1v) is 8.48. The zero-order valence-electron chi connectivity index (χ0n) is 15.2. The van der Waals surface area contributed by atoms with Crippen LogP contribution in [0.15, 0.2) is 12.7 Å². The second-order valence-electron chi connectivity index (χ2n) is 8.21. The van der Waals surface area contributed by atoms with Crippen LogP contribution in [0.3, 0.4) is 0 Å². The maximum atomic E-state index is 4.00. The molecule has 1 nitrogen and oxygen atoms in total. The lowest BCUT2D eigenvalue weighted by Gasteiger charge is -2.39. The van der Waals surface area contributed by atoms with Crippen molar-refractivity contribution in [3.63, 3.8) is 0 Å². The smallest absolute Gasteiger partial charge is 0.0188 e. The summed E-state index contributed by atoms with van der Waals surface area (Å²) in [5.41, 5.74) is 0.719. The topological polar surface area (TPSA) is 3.24 Å². The molecule has 0 radical (unpaired) electrons. The molecular formula is C19H37N. The van der Waals surface area contributed by atoms with Gasteiger partial charge in [0.1, 0.15) is 0 Å². The van der Waals surface area contributed by atoms with Crippen molar-refractivity contribution in [3.8, 4) is 0 Å². The Bertz CT molecular complexity index is 329. The fourth-order valence-corrected chi connectivity index (χ4v) is 4.24. The minimum atomic E-state index is 0.249. The zero-order valence-corrected chi connectivity index (χ0v) is 15.2. The lowest BCUT2D eigenvalue weighted by Crippen LogP contribution is -2.45. The molecule has 118 valence electrons.